The Hall–Kier alpha value is -0.420. The van der Waals surface area contributed by atoms with E-state index in [1.54, 1.807) is 7.11 Å². The van der Waals surface area contributed by atoms with Crippen LogP contribution in [0.1, 0.15) is 44.9 Å². The molecule has 0 aromatic heterocycles. The molecule has 20 heavy (non-hydrogen) atoms. The minimum atomic E-state index is 0.00110. The zero-order chi connectivity index (χ0) is 14.3. The van der Waals surface area contributed by atoms with E-state index in [0.717, 1.165) is 26.1 Å². The largest absolute Gasteiger partial charge is 0.385 e. The highest BCUT2D eigenvalue weighted by atomic mass is 32.2. The average molecular weight is 300 g/mol. The molecular weight excluding hydrogens is 272 g/mol. The maximum Gasteiger partial charge on any atom is 0.314 e. The van der Waals surface area contributed by atoms with Crippen LogP contribution in [0.3, 0.4) is 0 Å². The summed E-state index contributed by atoms with van der Waals surface area (Å²) in [7, 11) is 1.75. The van der Waals surface area contributed by atoms with Crippen LogP contribution >= 0.6 is 11.8 Å². The molecule has 0 radical (unpaired) electrons. The summed E-state index contributed by atoms with van der Waals surface area (Å²) in [5, 5.41) is 6.72. The van der Waals surface area contributed by atoms with E-state index in [4.69, 9.17) is 4.74 Å². The molecular formula is C15H28N2O2S. The van der Waals surface area contributed by atoms with E-state index in [1.807, 2.05) is 11.8 Å². The van der Waals surface area contributed by atoms with Crippen molar-refractivity contribution in [2.24, 2.45) is 5.41 Å². The zero-order valence-electron chi connectivity index (χ0n) is 12.6. The molecule has 0 bridgehead atoms. The first kappa shape index (κ1) is 16.0. The first-order valence-electron chi connectivity index (χ1n) is 7.86. The highest BCUT2D eigenvalue weighted by molar-refractivity contribution is 8.00. The quantitative estimate of drug-likeness (QED) is 0.760. The van der Waals surface area contributed by atoms with Gasteiger partial charge in [-0.3, -0.25) is 0 Å². The Morgan fingerprint density at radius 2 is 2.10 bits per heavy atom. The summed E-state index contributed by atoms with van der Waals surface area (Å²) in [5.41, 5.74) is 0.273. The second-order valence-electron chi connectivity index (χ2n) is 6.15. The number of rotatable bonds is 7. The highest BCUT2D eigenvalue weighted by Gasteiger charge is 2.33. The molecule has 1 heterocycles. The Labute approximate surface area is 126 Å². The lowest BCUT2D eigenvalue weighted by Gasteiger charge is -2.29. The van der Waals surface area contributed by atoms with Crippen molar-refractivity contribution in [2.45, 2.75) is 50.2 Å². The number of methoxy groups -OCH3 is 1. The van der Waals surface area contributed by atoms with Gasteiger partial charge >= 0.3 is 6.03 Å². The fourth-order valence-electron chi connectivity index (χ4n) is 3.30. The van der Waals surface area contributed by atoms with Crippen LogP contribution in [0.25, 0.3) is 0 Å². The third kappa shape index (κ3) is 4.85. The van der Waals surface area contributed by atoms with Gasteiger partial charge in [0.2, 0.25) is 0 Å². The molecule has 5 heteroatoms. The Morgan fingerprint density at radius 1 is 1.30 bits per heavy atom. The topological polar surface area (TPSA) is 50.4 Å². The summed E-state index contributed by atoms with van der Waals surface area (Å²) in [6.45, 7) is 2.39. The van der Waals surface area contributed by atoms with E-state index in [1.165, 1.54) is 44.3 Å². The third-order valence-corrected chi connectivity index (χ3v) is 6.04. The van der Waals surface area contributed by atoms with Crippen LogP contribution in [0.5, 0.6) is 0 Å². The molecule has 1 saturated carbocycles. The van der Waals surface area contributed by atoms with Gasteiger partial charge in [-0.15, -0.1) is 0 Å². The highest BCUT2D eigenvalue weighted by Crippen LogP contribution is 2.40. The Morgan fingerprint density at radius 3 is 2.75 bits per heavy atom. The number of carbonyl (C=O) groups is 1. The number of urea groups is 1. The zero-order valence-corrected chi connectivity index (χ0v) is 13.4. The maximum absolute atomic E-state index is 11.9. The fraction of sp³-hybridized carbons (Fsp3) is 0.933. The van der Waals surface area contributed by atoms with E-state index >= 15 is 0 Å². The lowest BCUT2D eigenvalue weighted by Crippen LogP contribution is -2.43. The van der Waals surface area contributed by atoms with E-state index in [-0.39, 0.29) is 11.4 Å². The summed E-state index contributed by atoms with van der Waals surface area (Å²) in [5.74, 6) is 1.24. The van der Waals surface area contributed by atoms with Crippen LogP contribution in [0.15, 0.2) is 0 Å². The lowest BCUT2D eigenvalue weighted by atomic mass is 9.83. The molecule has 1 aliphatic heterocycles. The lowest BCUT2D eigenvalue weighted by molar-refractivity contribution is 0.136. The molecule has 2 amide bonds. The Balaban J connectivity index is 1.67. The van der Waals surface area contributed by atoms with Gasteiger partial charge in [0.05, 0.1) is 0 Å². The fourth-order valence-corrected chi connectivity index (χ4v) is 4.50. The predicted octanol–water partition coefficient (Wildman–Crippen LogP) is 2.78. The van der Waals surface area contributed by atoms with Gasteiger partial charge in [0, 0.05) is 32.1 Å². The van der Waals surface area contributed by atoms with Crippen LogP contribution in [0.4, 0.5) is 4.79 Å². The molecule has 2 N–H and O–H groups in total. The van der Waals surface area contributed by atoms with Gasteiger partial charge < -0.3 is 15.4 Å². The Kier molecular flexibility index (Phi) is 6.49. The van der Waals surface area contributed by atoms with Crippen molar-refractivity contribution in [1.29, 1.82) is 0 Å². The number of hydrogen-bond donors (Lipinski definition) is 2. The number of amides is 2. The molecule has 2 aliphatic rings. The molecule has 0 spiro atoms. The minimum absolute atomic E-state index is 0.00110. The van der Waals surface area contributed by atoms with Crippen molar-refractivity contribution in [3.63, 3.8) is 0 Å². The van der Waals surface area contributed by atoms with Crippen molar-refractivity contribution in [3.8, 4) is 0 Å². The Bertz CT molecular complexity index is 300. The second-order valence-corrected chi connectivity index (χ2v) is 7.56. The SMILES string of the molecule is COCCC1(CNC(=O)NC[C@H]2CCCS2)CCCC1. The summed E-state index contributed by atoms with van der Waals surface area (Å²) in [6.07, 6.45) is 8.59. The van der Waals surface area contributed by atoms with E-state index < -0.39 is 0 Å². The van der Waals surface area contributed by atoms with Crippen LogP contribution < -0.4 is 10.6 Å². The van der Waals surface area contributed by atoms with Gasteiger partial charge in [-0.2, -0.15) is 11.8 Å². The summed E-state index contributed by atoms with van der Waals surface area (Å²) >= 11 is 1.98. The van der Waals surface area contributed by atoms with E-state index in [9.17, 15) is 4.79 Å². The average Bonchev–Trinajstić information content (AvgIpc) is 3.13. The molecule has 116 valence electrons. The van der Waals surface area contributed by atoms with Crippen molar-refractivity contribution < 1.29 is 9.53 Å². The molecule has 1 aliphatic carbocycles. The number of thioether (sulfide) groups is 1. The number of hydrogen-bond acceptors (Lipinski definition) is 3. The normalized spacial score (nSPS) is 24.8. The molecule has 1 saturated heterocycles. The van der Waals surface area contributed by atoms with Crippen LogP contribution in [0, 0.1) is 5.41 Å². The molecule has 1 atom stereocenters. The minimum Gasteiger partial charge on any atom is -0.385 e. The first-order valence-corrected chi connectivity index (χ1v) is 8.91. The molecule has 2 fully saturated rings. The monoisotopic (exact) mass is 300 g/mol. The standard InChI is InChI=1S/C15H28N2O2S/c1-19-9-8-15(6-2-3-7-15)12-17-14(18)16-11-13-5-4-10-20-13/h13H,2-12H2,1H3,(H2,16,17,18)/t13-/m1/s1. The van der Waals surface area contributed by atoms with Crippen molar-refractivity contribution >= 4 is 17.8 Å². The van der Waals surface area contributed by atoms with Gasteiger partial charge in [-0.05, 0) is 43.3 Å². The molecule has 0 aromatic carbocycles. The second kappa shape index (κ2) is 8.13. The third-order valence-electron chi connectivity index (χ3n) is 4.64. The van der Waals surface area contributed by atoms with Crippen LogP contribution in [0.2, 0.25) is 0 Å². The van der Waals surface area contributed by atoms with E-state index in [2.05, 4.69) is 10.6 Å². The van der Waals surface area contributed by atoms with Gasteiger partial charge in [-0.25, -0.2) is 4.79 Å². The molecule has 2 rings (SSSR count). The van der Waals surface area contributed by atoms with Crippen molar-refractivity contribution in [1.82, 2.24) is 10.6 Å². The first-order chi connectivity index (χ1) is 9.74. The van der Waals surface area contributed by atoms with Crippen LogP contribution in [-0.2, 0) is 4.74 Å². The molecule has 0 unspecified atom stereocenters. The maximum atomic E-state index is 11.9. The molecule has 0 aromatic rings. The van der Waals surface area contributed by atoms with Gasteiger partial charge in [0.1, 0.15) is 0 Å². The van der Waals surface area contributed by atoms with Gasteiger partial charge in [0.25, 0.3) is 0 Å². The predicted molar refractivity (Wildman–Crippen MR) is 84.3 cm³/mol. The number of nitrogens with one attached hydrogen (secondary N) is 2. The van der Waals surface area contributed by atoms with Crippen LogP contribution in [-0.4, -0.2) is 43.8 Å². The number of carbonyl (C=O) groups excluding carboxylic acids is 1. The smallest absolute Gasteiger partial charge is 0.314 e. The summed E-state index contributed by atoms with van der Waals surface area (Å²) < 4.78 is 5.22. The summed E-state index contributed by atoms with van der Waals surface area (Å²) in [4.78, 5) is 11.9. The van der Waals surface area contributed by atoms with E-state index in [0.29, 0.717) is 5.25 Å². The van der Waals surface area contributed by atoms with Crippen molar-refractivity contribution in [3.05, 3.63) is 0 Å². The number of ether oxygens (including phenoxy) is 1. The van der Waals surface area contributed by atoms with Gasteiger partial charge in [0.15, 0.2) is 0 Å². The molecule has 4 nitrogen and oxygen atoms in total. The van der Waals surface area contributed by atoms with Crippen molar-refractivity contribution in [2.75, 3.05) is 32.6 Å². The van der Waals surface area contributed by atoms with Gasteiger partial charge in [-0.1, -0.05) is 12.8 Å². The summed E-state index contributed by atoms with van der Waals surface area (Å²) in [6, 6.07) is 0.00110.